The number of hydrogen-bond acceptors (Lipinski definition) is 2. The molecular weight excluding hydrogens is 665 g/mol. The molecule has 2 aliphatic carbocycles. The lowest BCUT2D eigenvalue weighted by molar-refractivity contribution is 0.794. The van der Waals surface area contributed by atoms with Gasteiger partial charge in [0.2, 0.25) is 0 Å². The molecule has 2 nitrogen and oxygen atoms in total. The van der Waals surface area contributed by atoms with Crippen molar-refractivity contribution < 1.29 is 0 Å². The number of benzene rings is 8. The largest absolute Gasteiger partial charge is 0.228 e. The average Bonchev–Trinajstić information content (AvgIpc) is 3.74. The van der Waals surface area contributed by atoms with Crippen LogP contribution < -0.4 is 0 Å². The Labute approximate surface area is 321 Å². The number of fused-ring (bicyclic) bond motifs is 10. The van der Waals surface area contributed by atoms with Crippen LogP contribution in [0, 0.1) is 0 Å². The van der Waals surface area contributed by atoms with E-state index in [1.807, 2.05) is 6.07 Å². The fourth-order valence-corrected chi connectivity index (χ4v) is 9.08. The average molecular weight is 699 g/mol. The fourth-order valence-electron chi connectivity index (χ4n) is 9.08. The van der Waals surface area contributed by atoms with E-state index in [-0.39, 0.29) is 5.41 Å². The summed E-state index contributed by atoms with van der Waals surface area (Å²) in [6, 6.07) is 74.4. The number of nitrogens with zero attached hydrogens (tertiary/aromatic N) is 2. The SMILES string of the molecule is c1ccc(-c2cccc(-c3cc(-c4ccccc4)nc(-c4cccc(-c5ccc6c(c5)C5(c7ccccc7-c7ccccc75)c5ccccc5-6)c4)n3)c2)cc1. The van der Waals surface area contributed by atoms with E-state index >= 15 is 0 Å². The molecule has 0 unspecified atom stereocenters. The molecule has 1 aromatic heterocycles. The van der Waals surface area contributed by atoms with Gasteiger partial charge in [0.1, 0.15) is 0 Å². The molecule has 55 heavy (non-hydrogen) atoms. The van der Waals surface area contributed by atoms with E-state index in [1.165, 1.54) is 55.6 Å². The van der Waals surface area contributed by atoms with Gasteiger partial charge in [-0.15, -0.1) is 0 Å². The zero-order valence-corrected chi connectivity index (χ0v) is 30.0. The lowest BCUT2D eigenvalue weighted by Gasteiger charge is -2.30. The van der Waals surface area contributed by atoms with Crippen molar-refractivity contribution in [2.45, 2.75) is 5.41 Å². The van der Waals surface area contributed by atoms with Crippen LogP contribution in [0.5, 0.6) is 0 Å². The van der Waals surface area contributed by atoms with Gasteiger partial charge in [-0.25, -0.2) is 9.97 Å². The maximum absolute atomic E-state index is 5.25. The molecule has 0 fully saturated rings. The van der Waals surface area contributed by atoms with Crippen molar-refractivity contribution in [1.29, 1.82) is 0 Å². The Kier molecular flexibility index (Phi) is 7.11. The Morgan fingerprint density at radius 2 is 0.673 bits per heavy atom. The molecule has 11 rings (SSSR count). The first-order valence-electron chi connectivity index (χ1n) is 18.9. The van der Waals surface area contributed by atoms with E-state index in [2.05, 4.69) is 200 Å². The van der Waals surface area contributed by atoms with Crippen LogP contribution in [0.25, 0.3) is 78.4 Å². The Balaban J connectivity index is 1.06. The minimum Gasteiger partial charge on any atom is -0.228 e. The normalized spacial score (nSPS) is 12.9. The molecule has 1 spiro atoms. The standard InChI is InChI=1S/C53H34N2/c1-3-15-35(16-4-1)37-19-13-21-40(31-37)51-34-50(36-17-5-2-6-18-36)54-52(55-51)41-22-14-20-38(32-41)39-29-30-45-44-25-9-12-28-48(44)53(49(45)33-39)46-26-10-7-23-42(46)43-24-8-11-27-47(43)53/h1-34H. The minimum atomic E-state index is -0.386. The first-order chi connectivity index (χ1) is 27.3. The lowest BCUT2D eigenvalue weighted by Crippen LogP contribution is -2.25. The highest BCUT2D eigenvalue weighted by Crippen LogP contribution is 2.63. The van der Waals surface area contributed by atoms with E-state index in [4.69, 9.17) is 9.97 Å². The molecule has 0 saturated heterocycles. The van der Waals surface area contributed by atoms with E-state index in [0.29, 0.717) is 5.82 Å². The lowest BCUT2D eigenvalue weighted by atomic mass is 9.70. The highest BCUT2D eigenvalue weighted by atomic mass is 14.9. The second kappa shape index (κ2) is 12.5. The predicted molar refractivity (Wildman–Crippen MR) is 226 cm³/mol. The molecule has 256 valence electrons. The molecule has 0 aliphatic heterocycles. The Morgan fingerprint density at radius 3 is 1.29 bits per heavy atom. The van der Waals surface area contributed by atoms with Crippen molar-refractivity contribution in [1.82, 2.24) is 9.97 Å². The van der Waals surface area contributed by atoms with Crippen molar-refractivity contribution in [2.24, 2.45) is 0 Å². The quantitative estimate of drug-likeness (QED) is 0.179. The van der Waals surface area contributed by atoms with Crippen LogP contribution in [0.2, 0.25) is 0 Å². The van der Waals surface area contributed by atoms with E-state index in [0.717, 1.165) is 39.2 Å². The summed E-state index contributed by atoms with van der Waals surface area (Å²) < 4.78 is 0. The minimum absolute atomic E-state index is 0.386. The highest BCUT2D eigenvalue weighted by molar-refractivity contribution is 5.96. The van der Waals surface area contributed by atoms with Crippen molar-refractivity contribution in [3.8, 4) is 78.4 Å². The third-order valence-electron chi connectivity index (χ3n) is 11.5. The van der Waals surface area contributed by atoms with Crippen LogP contribution in [0.15, 0.2) is 206 Å². The topological polar surface area (TPSA) is 25.8 Å². The van der Waals surface area contributed by atoms with Crippen LogP contribution in [0.3, 0.4) is 0 Å². The van der Waals surface area contributed by atoms with Crippen molar-refractivity contribution in [2.75, 3.05) is 0 Å². The fraction of sp³-hybridized carbons (Fsp3) is 0.0189. The molecule has 0 bridgehead atoms. The number of rotatable bonds is 5. The first-order valence-corrected chi connectivity index (χ1v) is 18.9. The third-order valence-corrected chi connectivity index (χ3v) is 11.5. The maximum atomic E-state index is 5.25. The summed E-state index contributed by atoms with van der Waals surface area (Å²) >= 11 is 0. The molecule has 0 amide bonds. The zero-order valence-electron chi connectivity index (χ0n) is 30.0. The van der Waals surface area contributed by atoms with Crippen LogP contribution >= 0.6 is 0 Å². The smallest absolute Gasteiger partial charge is 0.160 e. The molecule has 1 heterocycles. The van der Waals surface area contributed by atoms with Gasteiger partial charge in [-0.1, -0.05) is 182 Å². The van der Waals surface area contributed by atoms with Gasteiger partial charge in [0.25, 0.3) is 0 Å². The van der Waals surface area contributed by atoms with Gasteiger partial charge < -0.3 is 0 Å². The molecule has 8 aromatic carbocycles. The van der Waals surface area contributed by atoms with E-state index in [1.54, 1.807) is 0 Å². The monoisotopic (exact) mass is 698 g/mol. The Hall–Kier alpha value is -7.16. The summed E-state index contributed by atoms with van der Waals surface area (Å²) in [4.78, 5) is 10.4. The van der Waals surface area contributed by atoms with E-state index in [9.17, 15) is 0 Å². The first kappa shape index (κ1) is 31.4. The molecule has 2 heteroatoms. The molecule has 0 N–H and O–H groups in total. The molecule has 0 radical (unpaired) electrons. The predicted octanol–water partition coefficient (Wildman–Crippen LogP) is 13.2. The summed E-state index contributed by atoms with van der Waals surface area (Å²) in [5.74, 6) is 0.701. The summed E-state index contributed by atoms with van der Waals surface area (Å²) in [6.45, 7) is 0. The molecular formula is C53H34N2. The number of hydrogen-bond donors (Lipinski definition) is 0. The van der Waals surface area contributed by atoms with Gasteiger partial charge in [0.05, 0.1) is 16.8 Å². The Morgan fingerprint density at radius 1 is 0.255 bits per heavy atom. The van der Waals surface area contributed by atoms with Gasteiger partial charge in [-0.2, -0.15) is 0 Å². The summed E-state index contributed by atoms with van der Waals surface area (Å²) in [5.41, 5.74) is 19.7. The van der Waals surface area contributed by atoms with Crippen LogP contribution in [0.1, 0.15) is 22.3 Å². The third kappa shape index (κ3) is 4.89. The molecule has 2 aliphatic rings. The van der Waals surface area contributed by atoms with Crippen molar-refractivity contribution >= 4 is 0 Å². The summed E-state index contributed by atoms with van der Waals surface area (Å²) in [7, 11) is 0. The van der Waals surface area contributed by atoms with Gasteiger partial charge in [-0.05, 0) is 91.0 Å². The summed E-state index contributed by atoms with van der Waals surface area (Å²) in [6.07, 6.45) is 0. The molecule has 0 saturated carbocycles. The van der Waals surface area contributed by atoms with Crippen molar-refractivity contribution in [3.63, 3.8) is 0 Å². The van der Waals surface area contributed by atoms with Crippen molar-refractivity contribution in [3.05, 3.63) is 229 Å². The van der Waals surface area contributed by atoms with Gasteiger partial charge in [0, 0.05) is 16.7 Å². The second-order valence-corrected chi connectivity index (χ2v) is 14.5. The van der Waals surface area contributed by atoms with Gasteiger partial charge in [-0.3, -0.25) is 0 Å². The van der Waals surface area contributed by atoms with E-state index < -0.39 is 0 Å². The Bertz CT molecular complexity index is 2860. The summed E-state index contributed by atoms with van der Waals surface area (Å²) in [5, 5.41) is 0. The zero-order chi connectivity index (χ0) is 36.3. The van der Waals surface area contributed by atoms with Gasteiger partial charge >= 0.3 is 0 Å². The van der Waals surface area contributed by atoms with Crippen LogP contribution in [-0.2, 0) is 5.41 Å². The molecule has 9 aromatic rings. The van der Waals surface area contributed by atoms with Crippen LogP contribution in [0.4, 0.5) is 0 Å². The van der Waals surface area contributed by atoms with Gasteiger partial charge in [0.15, 0.2) is 5.82 Å². The second-order valence-electron chi connectivity index (χ2n) is 14.5. The highest BCUT2D eigenvalue weighted by Gasteiger charge is 2.51. The molecule has 0 atom stereocenters. The number of aromatic nitrogens is 2. The van der Waals surface area contributed by atoms with Crippen LogP contribution in [-0.4, -0.2) is 9.97 Å². The maximum Gasteiger partial charge on any atom is 0.160 e.